The van der Waals surface area contributed by atoms with Crippen LogP contribution in [0.1, 0.15) is 18.4 Å². The summed E-state index contributed by atoms with van der Waals surface area (Å²) < 4.78 is 27.3. The first kappa shape index (κ1) is 17.5. The lowest BCUT2D eigenvalue weighted by molar-refractivity contribution is -0.140. The molecule has 140 valence electrons. The van der Waals surface area contributed by atoms with Gasteiger partial charge in [0.15, 0.2) is 0 Å². The second-order valence-corrected chi connectivity index (χ2v) is 6.74. The molecule has 2 aliphatic rings. The number of nitrogens with zero attached hydrogens (tertiary/aromatic N) is 2. The number of para-hydroxylation sites is 1. The maximum Gasteiger partial charge on any atom is 0.266 e. The number of benzene rings is 2. The second kappa shape index (κ2) is 7.34. The summed E-state index contributed by atoms with van der Waals surface area (Å²) in [6.45, 7) is 1.18. The van der Waals surface area contributed by atoms with E-state index in [1.165, 1.54) is 0 Å². The number of hydrogen-bond donors (Lipinski definition) is 1. The van der Waals surface area contributed by atoms with Gasteiger partial charge in [-0.25, -0.2) is 8.78 Å². The summed E-state index contributed by atoms with van der Waals surface area (Å²) in [7, 11) is 0. The summed E-state index contributed by atoms with van der Waals surface area (Å²) >= 11 is 0. The predicted molar refractivity (Wildman–Crippen MR) is 97.4 cm³/mol. The van der Waals surface area contributed by atoms with E-state index in [0.717, 1.165) is 30.3 Å². The number of halogens is 2. The quantitative estimate of drug-likeness (QED) is 0.898. The Balaban J connectivity index is 1.35. The van der Waals surface area contributed by atoms with Gasteiger partial charge in [-0.15, -0.1) is 0 Å². The standard InChI is InChI=1S/C20H19F2N3O2/c21-13-6-7-17(22)16(10-13)18-11-19(27-24-18)20(26)25-9-8-15(12-25)23-14-4-2-1-3-5-14/h1-7,10,15,19,23H,8-9,11-12H2/t15-,19-/m0/s1. The molecule has 0 unspecified atom stereocenters. The second-order valence-electron chi connectivity index (χ2n) is 6.74. The van der Waals surface area contributed by atoms with Crippen LogP contribution in [0.2, 0.25) is 0 Å². The topological polar surface area (TPSA) is 53.9 Å². The van der Waals surface area contributed by atoms with Crippen molar-refractivity contribution in [2.75, 3.05) is 18.4 Å². The highest BCUT2D eigenvalue weighted by Gasteiger charge is 2.36. The Morgan fingerprint density at radius 3 is 2.81 bits per heavy atom. The normalized spacial score (nSPS) is 21.7. The lowest BCUT2D eigenvalue weighted by Gasteiger charge is -2.20. The molecule has 0 aromatic heterocycles. The lowest BCUT2D eigenvalue weighted by atomic mass is 10.0. The van der Waals surface area contributed by atoms with E-state index in [9.17, 15) is 13.6 Å². The van der Waals surface area contributed by atoms with Crippen molar-refractivity contribution in [3.8, 4) is 0 Å². The molecule has 0 aliphatic carbocycles. The van der Waals surface area contributed by atoms with E-state index in [2.05, 4.69) is 10.5 Å². The minimum atomic E-state index is -0.793. The van der Waals surface area contributed by atoms with Crippen molar-refractivity contribution in [3.63, 3.8) is 0 Å². The van der Waals surface area contributed by atoms with E-state index in [0.29, 0.717) is 13.1 Å². The van der Waals surface area contributed by atoms with E-state index in [-0.39, 0.29) is 29.6 Å². The van der Waals surface area contributed by atoms with Gasteiger partial charge in [0, 0.05) is 36.8 Å². The van der Waals surface area contributed by atoms with E-state index in [4.69, 9.17) is 4.84 Å². The van der Waals surface area contributed by atoms with Crippen LogP contribution < -0.4 is 5.32 Å². The van der Waals surface area contributed by atoms with Gasteiger partial charge in [-0.2, -0.15) is 0 Å². The molecule has 1 N–H and O–H groups in total. The van der Waals surface area contributed by atoms with Crippen molar-refractivity contribution in [3.05, 3.63) is 65.7 Å². The van der Waals surface area contributed by atoms with Crippen molar-refractivity contribution < 1.29 is 18.4 Å². The van der Waals surface area contributed by atoms with Crippen LogP contribution in [0.15, 0.2) is 53.7 Å². The molecule has 2 aliphatic heterocycles. The van der Waals surface area contributed by atoms with Crippen molar-refractivity contribution in [2.24, 2.45) is 5.16 Å². The zero-order valence-electron chi connectivity index (χ0n) is 14.6. The third-order valence-corrected chi connectivity index (χ3v) is 4.83. The number of hydrogen-bond acceptors (Lipinski definition) is 4. The highest BCUT2D eigenvalue weighted by molar-refractivity contribution is 6.04. The van der Waals surface area contributed by atoms with E-state index in [1.807, 2.05) is 30.3 Å². The van der Waals surface area contributed by atoms with Crippen molar-refractivity contribution >= 4 is 17.3 Å². The third kappa shape index (κ3) is 3.77. The summed E-state index contributed by atoms with van der Waals surface area (Å²) in [5.74, 6) is -1.32. The fraction of sp³-hybridized carbons (Fsp3) is 0.300. The summed E-state index contributed by atoms with van der Waals surface area (Å²) in [6.07, 6.45) is 0.171. The number of likely N-dealkylation sites (tertiary alicyclic amines) is 1. The molecule has 2 aromatic rings. The van der Waals surface area contributed by atoms with Crippen LogP contribution in [-0.4, -0.2) is 41.8 Å². The van der Waals surface area contributed by atoms with Crippen molar-refractivity contribution in [2.45, 2.75) is 25.0 Å². The van der Waals surface area contributed by atoms with Gasteiger partial charge in [0.05, 0.1) is 5.71 Å². The minimum Gasteiger partial charge on any atom is -0.382 e. The van der Waals surface area contributed by atoms with Gasteiger partial charge in [-0.05, 0) is 36.8 Å². The molecule has 0 spiro atoms. The van der Waals surface area contributed by atoms with Crippen LogP contribution in [0.25, 0.3) is 0 Å². The first-order chi connectivity index (χ1) is 13.1. The molecule has 4 rings (SSSR count). The molecule has 1 amide bonds. The number of anilines is 1. The molecule has 27 heavy (non-hydrogen) atoms. The Labute approximate surface area is 155 Å². The number of amides is 1. The molecule has 1 saturated heterocycles. The van der Waals surface area contributed by atoms with Gasteiger partial charge in [0.2, 0.25) is 6.10 Å². The first-order valence-corrected chi connectivity index (χ1v) is 8.88. The van der Waals surface area contributed by atoms with Gasteiger partial charge < -0.3 is 15.1 Å². The minimum absolute atomic E-state index is 0.0374. The SMILES string of the molecule is O=C([C@@H]1CC(c2cc(F)ccc2F)=NO1)N1CC[C@H](Nc2ccccc2)C1. The van der Waals surface area contributed by atoms with Crippen molar-refractivity contribution in [1.29, 1.82) is 0 Å². The molecule has 0 bridgehead atoms. The van der Waals surface area contributed by atoms with Crippen LogP contribution in [0.5, 0.6) is 0 Å². The monoisotopic (exact) mass is 371 g/mol. The summed E-state index contributed by atoms with van der Waals surface area (Å²) in [4.78, 5) is 19.7. The number of oxime groups is 1. The average Bonchev–Trinajstić information content (AvgIpc) is 3.34. The highest BCUT2D eigenvalue weighted by atomic mass is 19.1. The fourth-order valence-electron chi connectivity index (χ4n) is 3.44. The van der Waals surface area contributed by atoms with Crippen LogP contribution in [0.4, 0.5) is 14.5 Å². The molecule has 2 heterocycles. The highest BCUT2D eigenvalue weighted by Crippen LogP contribution is 2.23. The van der Waals surface area contributed by atoms with Gasteiger partial charge in [-0.3, -0.25) is 4.79 Å². The number of rotatable bonds is 4. The van der Waals surface area contributed by atoms with Gasteiger partial charge in [0.25, 0.3) is 5.91 Å². The van der Waals surface area contributed by atoms with Gasteiger partial charge in [0.1, 0.15) is 11.6 Å². The Hall–Kier alpha value is -2.96. The predicted octanol–water partition coefficient (Wildman–Crippen LogP) is 3.17. The first-order valence-electron chi connectivity index (χ1n) is 8.88. The summed E-state index contributed by atoms with van der Waals surface area (Å²) in [5, 5.41) is 7.23. The molecule has 1 fully saturated rings. The maximum absolute atomic E-state index is 13.9. The van der Waals surface area contributed by atoms with Gasteiger partial charge >= 0.3 is 0 Å². The molecule has 7 heteroatoms. The average molecular weight is 371 g/mol. The Morgan fingerprint density at radius 1 is 1.19 bits per heavy atom. The molecule has 2 atom stereocenters. The molecule has 0 radical (unpaired) electrons. The summed E-state index contributed by atoms with van der Waals surface area (Å²) in [5.41, 5.74) is 1.31. The zero-order chi connectivity index (χ0) is 18.8. The number of nitrogens with one attached hydrogen (secondary N) is 1. The molecule has 5 nitrogen and oxygen atoms in total. The summed E-state index contributed by atoms with van der Waals surface area (Å²) in [6, 6.07) is 13.2. The lowest BCUT2D eigenvalue weighted by Crippen LogP contribution is -2.39. The number of carbonyl (C=O) groups is 1. The van der Waals surface area contributed by atoms with Crippen LogP contribution >= 0.6 is 0 Å². The molecular weight excluding hydrogens is 352 g/mol. The van der Waals surface area contributed by atoms with Gasteiger partial charge in [-0.1, -0.05) is 23.4 Å². The van der Waals surface area contributed by atoms with Crippen LogP contribution in [0.3, 0.4) is 0 Å². The van der Waals surface area contributed by atoms with Crippen LogP contribution in [0, 0.1) is 11.6 Å². The zero-order valence-corrected chi connectivity index (χ0v) is 14.6. The molecule has 0 saturated carbocycles. The fourth-order valence-corrected chi connectivity index (χ4v) is 3.44. The Bertz CT molecular complexity index is 873. The molecule has 2 aromatic carbocycles. The number of carbonyl (C=O) groups excluding carboxylic acids is 1. The Kier molecular flexibility index (Phi) is 4.75. The van der Waals surface area contributed by atoms with E-state index < -0.39 is 17.7 Å². The molecular formula is C20H19F2N3O2. The van der Waals surface area contributed by atoms with Crippen LogP contribution in [-0.2, 0) is 9.63 Å². The van der Waals surface area contributed by atoms with E-state index in [1.54, 1.807) is 4.90 Å². The maximum atomic E-state index is 13.9. The van der Waals surface area contributed by atoms with E-state index >= 15 is 0 Å². The largest absolute Gasteiger partial charge is 0.382 e. The smallest absolute Gasteiger partial charge is 0.266 e. The third-order valence-electron chi connectivity index (χ3n) is 4.83. The van der Waals surface area contributed by atoms with Crippen molar-refractivity contribution in [1.82, 2.24) is 4.90 Å². The Morgan fingerprint density at radius 2 is 2.00 bits per heavy atom.